The lowest BCUT2D eigenvalue weighted by Crippen LogP contribution is -2.52. The van der Waals surface area contributed by atoms with Gasteiger partial charge in [-0.15, -0.1) is 0 Å². The maximum absolute atomic E-state index is 12.3. The fraction of sp³-hybridized carbons (Fsp3) is 0.409. The summed E-state index contributed by atoms with van der Waals surface area (Å²) in [7, 11) is 0. The zero-order valence-electron chi connectivity index (χ0n) is 14.2. The highest BCUT2D eigenvalue weighted by Crippen LogP contribution is 2.48. The highest BCUT2D eigenvalue weighted by Gasteiger charge is 2.47. The van der Waals surface area contributed by atoms with E-state index in [2.05, 4.69) is 65.6 Å². The lowest BCUT2D eigenvalue weighted by Gasteiger charge is -2.50. The molecule has 2 aromatic carbocycles. The molecule has 0 N–H and O–H groups in total. The van der Waals surface area contributed by atoms with Crippen molar-refractivity contribution in [1.82, 2.24) is 4.90 Å². The minimum atomic E-state index is 0.0732. The highest BCUT2D eigenvalue weighted by molar-refractivity contribution is 5.81. The van der Waals surface area contributed by atoms with Gasteiger partial charge < -0.3 is 0 Å². The number of ketones is 1. The largest absolute Gasteiger partial charge is 0.300 e. The predicted molar refractivity (Wildman–Crippen MR) is 96.8 cm³/mol. The maximum Gasteiger partial charge on any atom is 0.133 e. The number of Topliss-reactive ketones (excluding diaryl/α,β-unsaturated/α-hetero) is 1. The van der Waals surface area contributed by atoms with Crippen LogP contribution in [0.5, 0.6) is 0 Å². The number of hydrogen-bond acceptors (Lipinski definition) is 2. The van der Waals surface area contributed by atoms with Crippen molar-refractivity contribution in [2.75, 3.05) is 13.1 Å². The molecule has 124 valence electrons. The standard InChI is InChI=1S/C22H25NO/c24-21-12-11-20-17-23(16-18-7-3-1-4-8-18)14-13-22(20,15-21)19-9-5-2-6-10-19/h1-10,20H,11-17H2. The van der Waals surface area contributed by atoms with Crippen LogP contribution in [0, 0.1) is 5.92 Å². The van der Waals surface area contributed by atoms with E-state index in [9.17, 15) is 4.79 Å². The van der Waals surface area contributed by atoms with Gasteiger partial charge in [0.25, 0.3) is 0 Å². The molecule has 2 fully saturated rings. The van der Waals surface area contributed by atoms with Crippen LogP contribution in [0.3, 0.4) is 0 Å². The average Bonchev–Trinajstić information content (AvgIpc) is 2.63. The van der Waals surface area contributed by atoms with Gasteiger partial charge in [-0.1, -0.05) is 60.7 Å². The minimum Gasteiger partial charge on any atom is -0.300 e. The number of piperidine rings is 1. The molecule has 1 saturated carbocycles. The van der Waals surface area contributed by atoms with Crippen molar-refractivity contribution in [3.8, 4) is 0 Å². The zero-order valence-corrected chi connectivity index (χ0v) is 14.2. The topological polar surface area (TPSA) is 20.3 Å². The Kier molecular flexibility index (Phi) is 4.24. The number of likely N-dealkylation sites (tertiary alicyclic amines) is 1. The lowest BCUT2D eigenvalue weighted by molar-refractivity contribution is -0.125. The van der Waals surface area contributed by atoms with Gasteiger partial charge in [-0.25, -0.2) is 0 Å². The second-order valence-corrected chi connectivity index (χ2v) is 7.44. The summed E-state index contributed by atoms with van der Waals surface area (Å²) in [4.78, 5) is 14.8. The fourth-order valence-electron chi connectivity index (χ4n) is 4.75. The Morgan fingerprint density at radius 1 is 1.00 bits per heavy atom. The van der Waals surface area contributed by atoms with Crippen molar-refractivity contribution in [3.63, 3.8) is 0 Å². The second kappa shape index (κ2) is 6.52. The zero-order chi connectivity index (χ0) is 16.4. The van der Waals surface area contributed by atoms with Gasteiger partial charge in [-0.2, -0.15) is 0 Å². The van der Waals surface area contributed by atoms with E-state index < -0.39 is 0 Å². The molecular weight excluding hydrogens is 294 g/mol. The molecule has 0 spiro atoms. The molecule has 2 atom stereocenters. The van der Waals surface area contributed by atoms with E-state index in [1.807, 2.05) is 0 Å². The van der Waals surface area contributed by atoms with Crippen molar-refractivity contribution in [1.29, 1.82) is 0 Å². The van der Waals surface area contributed by atoms with Gasteiger partial charge in [0.05, 0.1) is 0 Å². The summed E-state index contributed by atoms with van der Waals surface area (Å²) in [5.41, 5.74) is 2.84. The van der Waals surface area contributed by atoms with Crippen molar-refractivity contribution in [2.45, 2.75) is 37.6 Å². The Labute approximate surface area is 144 Å². The van der Waals surface area contributed by atoms with E-state index in [-0.39, 0.29) is 5.41 Å². The molecule has 4 rings (SSSR count). The van der Waals surface area contributed by atoms with Crippen LogP contribution in [0.1, 0.15) is 36.8 Å². The molecule has 2 unspecified atom stereocenters. The van der Waals surface area contributed by atoms with Crippen LogP contribution in [0.15, 0.2) is 60.7 Å². The van der Waals surface area contributed by atoms with Crippen molar-refractivity contribution in [2.24, 2.45) is 5.92 Å². The summed E-state index contributed by atoms with van der Waals surface area (Å²) in [5, 5.41) is 0. The third kappa shape index (κ3) is 2.91. The molecule has 1 aliphatic heterocycles. The molecular formula is C22H25NO. The Morgan fingerprint density at radius 2 is 1.71 bits per heavy atom. The van der Waals surface area contributed by atoms with Gasteiger partial charge in [0.15, 0.2) is 0 Å². The fourth-order valence-corrected chi connectivity index (χ4v) is 4.75. The molecule has 24 heavy (non-hydrogen) atoms. The quantitative estimate of drug-likeness (QED) is 0.845. The van der Waals surface area contributed by atoms with Gasteiger partial charge >= 0.3 is 0 Å². The van der Waals surface area contributed by atoms with Crippen LogP contribution >= 0.6 is 0 Å². The smallest absolute Gasteiger partial charge is 0.133 e. The average molecular weight is 319 g/mol. The lowest BCUT2D eigenvalue weighted by atomic mass is 9.59. The molecule has 0 radical (unpaired) electrons. The molecule has 0 aromatic heterocycles. The summed E-state index contributed by atoms with van der Waals surface area (Å²) in [5.74, 6) is 1.04. The number of benzene rings is 2. The first-order valence-electron chi connectivity index (χ1n) is 9.10. The van der Waals surface area contributed by atoms with E-state index in [1.54, 1.807) is 0 Å². The van der Waals surface area contributed by atoms with Crippen LogP contribution in [-0.4, -0.2) is 23.8 Å². The molecule has 2 heteroatoms. The Hall–Kier alpha value is -1.93. The number of nitrogens with zero attached hydrogens (tertiary/aromatic N) is 1. The third-order valence-corrected chi connectivity index (χ3v) is 6.02. The molecule has 2 aliphatic rings. The maximum atomic E-state index is 12.3. The molecule has 2 nitrogen and oxygen atoms in total. The van der Waals surface area contributed by atoms with Crippen molar-refractivity contribution in [3.05, 3.63) is 71.8 Å². The van der Waals surface area contributed by atoms with Crippen LogP contribution in [-0.2, 0) is 16.8 Å². The number of hydrogen-bond donors (Lipinski definition) is 0. The SMILES string of the molecule is O=C1CCC2CN(Cc3ccccc3)CCC2(c2ccccc2)C1. The summed E-state index contributed by atoms with van der Waals surface area (Å²) >= 11 is 0. The van der Waals surface area contributed by atoms with Crippen LogP contribution < -0.4 is 0 Å². The van der Waals surface area contributed by atoms with Crippen LogP contribution in [0.25, 0.3) is 0 Å². The Morgan fingerprint density at radius 3 is 2.46 bits per heavy atom. The number of fused-ring (bicyclic) bond motifs is 1. The van der Waals surface area contributed by atoms with E-state index in [0.717, 1.165) is 45.3 Å². The van der Waals surface area contributed by atoms with Crippen LogP contribution in [0.4, 0.5) is 0 Å². The van der Waals surface area contributed by atoms with E-state index >= 15 is 0 Å². The summed E-state index contributed by atoms with van der Waals surface area (Å²) in [6.45, 7) is 3.21. The number of carbonyl (C=O) groups excluding carboxylic acids is 1. The predicted octanol–water partition coefficient (Wildman–Crippen LogP) is 4.20. The first-order valence-corrected chi connectivity index (χ1v) is 9.10. The monoisotopic (exact) mass is 319 g/mol. The Bertz CT molecular complexity index is 696. The second-order valence-electron chi connectivity index (χ2n) is 7.44. The summed E-state index contributed by atoms with van der Waals surface area (Å²) in [6.07, 6.45) is 3.64. The van der Waals surface area contributed by atoms with Gasteiger partial charge in [-0.3, -0.25) is 9.69 Å². The van der Waals surface area contributed by atoms with Gasteiger partial charge in [0, 0.05) is 31.3 Å². The molecule has 1 heterocycles. The Balaban J connectivity index is 1.57. The number of carbonyl (C=O) groups is 1. The van der Waals surface area contributed by atoms with E-state index in [0.29, 0.717) is 11.7 Å². The minimum absolute atomic E-state index is 0.0732. The first kappa shape index (κ1) is 15.6. The van der Waals surface area contributed by atoms with Gasteiger partial charge in [-0.05, 0) is 36.4 Å². The van der Waals surface area contributed by atoms with Crippen molar-refractivity contribution < 1.29 is 4.79 Å². The summed E-state index contributed by atoms with van der Waals surface area (Å²) in [6, 6.07) is 21.5. The van der Waals surface area contributed by atoms with Gasteiger partial charge in [0.1, 0.15) is 5.78 Å². The molecule has 1 saturated heterocycles. The molecule has 1 aliphatic carbocycles. The van der Waals surface area contributed by atoms with E-state index in [4.69, 9.17) is 0 Å². The third-order valence-electron chi connectivity index (χ3n) is 6.02. The molecule has 2 aromatic rings. The normalized spacial score (nSPS) is 27.7. The summed E-state index contributed by atoms with van der Waals surface area (Å²) < 4.78 is 0. The van der Waals surface area contributed by atoms with E-state index in [1.165, 1.54) is 11.1 Å². The van der Waals surface area contributed by atoms with Crippen molar-refractivity contribution >= 4 is 5.78 Å². The number of rotatable bonds is 3. The first-order chi connectivity index (χ1) is 11.8. The van der Waals surface area contributed by atoms with Gasteiger partial charge in [0.2, 0.25) is 0 Å². The molecule has 0 amide bonds. The van der Waals surface area contributed by atoms with Crippen LogP contribution in [0.2, 0.25) is 0 Å². The molecule has 0 bridgehead atoms. The highest BCUT2D eigenvalue weighted by atomic mass is 16.1.